The number of halogens is 2. The summed E-state index contributed by atoms with van der Waals surface area (Å²) >= 11 is 3.34. The molecule has 2 aromatic rings. The van der Waals surface area contributed by atoms with E-state index in [4.69, 9.17) is 9.47 Å². The first-order valence-electron chi connectivity index (χ1n) is 6.55. The summed E-state index contributed by atoms with van der Waals surface area (Å²) in [5.41, 5.74) is 0.519. The molecular formula is C16H16BrFO3. The van der Waals surface area contributed by atoms with Crippen molar-refractivity contribution in [2.24, 2.45) is 0 Å². The zero-order chi connectivity index (χ0) is 15.2. The molecule has 0 saturated heterocycles. The van der Waals surface area contributed by atoms with Crippen molar-refractivity contribution in [1.29, 1.82) is 0 Å². The van der Waals surface area contributed by atoms with Gasteiger partial charge in [0, 0.05) is 4.47 Å². The quantitative estimate of drug-likeness (QED) is 0.793. The lowest BCUT2D eigenvalue weighted by molar-refractivity contribution is 0.197. The molecule has 0 spiro atoms. The summed E-state index contributed by atoms with van der Waals surface area (Å²) in [4.78, 5) is 0. The van der Waals surface area contributed by atoms with Crippen LogP contribution in [0.25, 0.3) is 0 Å². The van der Waals surface area contributed by atoms with Gasteiger partial charge in [0.2, 0.25) is 0 Å². The van der Waals surface area contributed by atoms with E-state index in [2.05, 4.69) is 15.9 Å². The van der Waals surface area contributed by atoms with Crippen LogP contribution >= 0.6 is 15.9 Å². The largest absolute Gasteiger partial charge is 0.490 e. The van der Waals surface area contributed by atoms with Crippen LogP contribution in [0.3, 0.4) is 0 Å². The highest BCUT2D eigenvalue weighted by atomic mass is 79.9. The van der Waals surface area contributed by atoms with Gasteiger partial charge in [-0.15, -0.1) is 0 Å². The lowest BCUT2D eigenvalue weighted by Gasteiger charge is -2.11. The highest BCUT2D eigenvalue weighted by Gasteiger charge is 2.07. The molecule has 3 nitrogen and oxygen atoms in total. The monoisotopic (exact) mass is 354 g/mol. The second-order valence-electron chi connectivity index (χ2n) is 4.52. The van der Waals surface area contributed by atoms with E-state index in [1.165, 1.54) is 12.1 Å². The molecule has 0 radical (unpaired) electrons. The summed E-state index contributed by atoms with van der Waals surface area (Å²) in [5.74, 6) is 0.391. The van der Waals surface area contributed by atoms with Gasteiger partial charge in [-0.25, -0.2) is 4.39 Å². The van der Waals surface area contributed by atoms with Crippen LogP contribution in [-0.2, 0) is 0 Å². The molecule has 2 aromatic carbocycles. The molecule has 5 heteroatoms. The first kappa shape index (κ1) is 15.8. The van der Waals surface area contributed by atoms with Crippen molar-refractivity contribution in [2.45, 2.75) is 13.0 Å². The minimum atomic E-state index is -0.700. The summed E-state index contributed by atoms with van der Waals surface area (Å²) < 4.78 is 25.5. The minimum absolute atomic E-state index is 0.152. The number of aliphatic hydroxyl groups excluding tert-OH is 1. The van der Waals surface area contributed by atoms with Crippen molar-refractivity contribution in [3.05, 3.63) is 58.3 Å². The average molecular weight is 355 g/mol. The Hall–Kier alpha value is -1.59. The first-order chi connectivity index (χ1) is 10.1. The Labute approximate surface area is 131 Å². The Balaban J connectivity index is 1.82. The first-order valence-corrected chi connectivity index (χ1v) is 7.34. The third kappa shape index (κ3) is 4.72. The number of ether oxygens (including phenoxy) is 2. The lowest BCUT2D eigenvalue weighted by atomic mass is 10.1. The van der Waals surface area contributed by atoms with Crippen LogP contribution in [0, 0.1) is 5.82 Å². The lowest BCUT2D eigenvalue weighted by Crippen LogP contribution is -2.10. The van der Waals surface area contributed by atoms with Gasteiger partial charge >= 0.3 is 0 Å². The zero-order valence-corrected chi connectivity index (χ0v) is 13.1. The van der Waals surface area contributed by atoms with E-state index >= 15 is 0 Å². The van der Waals surface area contributed by atoms with Gasteiger partial charge in [0.25, 0.3) is 0 Å². The van der Waals surface area contributed by atoms with Crippen molar-refractivity contribution in [3.63, 3.8) is 0 Å². The Bertz CT molecular complexity index is 585. The SMILES string of the molecule is CC(O)c1ccc(OCCOc2ccc(Br)cc2)c(F)c1. The summed E-state index contributed by atoms with van der Waals surface area (Å²) in [5, 5.41) is 9.37. The van der Waals surface area contributed by atoms with Crippen molar-refractivity contribution in [3.8, 4) is 11.5 Å². The maximum atomic E-state index is 13.7. The molecule has 21 heavy (non-hydrogen) atoms. The molecule has 1 atom stereocenters. The molecule has 0 saturated carbocycles. The van der Waals surface area contributed by atoms with Gasteiger partial charge in [-0.05, 0) is 48.9 Å². The number of hydrogen-bond donors (Lipinski definition) is 1. The molecule has 112 valence electrons. The van der Waals surface area contributed by atoms with Crippen LogP contribution < -0.4 is 9.47 Å². The summed E-state index contributed by atoms with van der Waals surface area (Å²) in [7, 11) is 0. The van der Waals surface area contributed by atoms with Gasteiger partial charge in [0.15, 0.2) is 11.6 Å². The minimum Gasteiger partial charge on any atom is -0.490 e. The second-order valence-corrected chi connectivity index (χ2v) is 5.43. The van der Waals surface area contributed by atoms with Crippen LogP contribution in [0.5, 0.6) is 11.5 Å². The Morgan fingerprint density at radius 1 is 1.10 bits per heavy atom. The number of hydrogen-bond acceptors (Lipinski definition) is 3. The molecule has 0 bridgehead atoms. The molecule has 2 rings (SSSR count). The predicted octanol–water partition coefficient (Wildman–Crippen LogP) is 4.10. The molecule has 0 fully saturated rings. The maximum absolute atomic E-state index is 13.7. The number of rotatable bonds is 6. The van der Waals surface area contributed by atoms with Crippen LogP contribution in [0.1, 0.15) is 18.6 Å². The third-order valence-electron chi connectivity index (χ3n) is 2.86. The summed E-state index contributed by atoms with van der Waals surface area (Å²) in [6, 6.07) is 11.9. The van der Waals surface area contributed by atoms with Crippen LogP contribution in [0.2, 0.25) is 0 Å². The fourth-order valence-electron chi connectivity index (χ4n) is 1.74. The van der Waals surface area contributed by atoms with E-state index in [1.54, 1.807) is 13.0 Å². The standard InChI is InChI=1S/C16H16BrFO3/c1-11(19)12-2-7-16(15(18)10-12)21-9-8-20-14-5-3-13(17)4-6-14/h2-7,10-11,19H,8-9H2,1H3. The topological polar surface area (TPSA) is 38.7 Å². The molecule has 0 heterocycles. The smallest absolute Gasteiger partial charge is 0.165 e. The van der Waals surface area contributed by atoms with Gasteiger partial charge in [-0.1, -0.05) is 22.0 Å². The Kier molecular flexibility index (Phi) is 5.59. The fourth-order valence-corrected chi connectivity index (χ4v) is 2.00. The molecule has 0 aliphatic heterocycles. The summed E-state index contributed by atoms with van der Waals surface area (Å²) in [6.07, 6.45) is -0.700. The average Bonchev–Trinajstić information content (AvgIpc) is 2.46. The van der Waals surface area contributed by atoms with Crippen molar-refractivity contribution in [1.82, 2.24) is 0 Å². The van der Waals surface area contributed by atoms with Crippen molar-refractivity contribution in [2.75, 3.05) is 13.2 Å². The van der Waals surface area contributed by atoms with Crippen molar-refractivity contribution < 1.29 is 19.0 Å². The molecule has 1 unspecified atom stereocenters. The normalized spacial score (nSPS) is 12.0. The van der Waals surface area contributed by atoms with E-state index in [9.17, 15) is 9.50 Å². The molecule has 1 N–H and O–H groups in total. The van der Waals surface area contributed by atoms with Gasteiger partial charge in [0.05, 0.1) is 6.10 Å². The Morgan fingerprint density at radius 3 is 2.38 bits per heavy atom. The number of benzene rings is 2. The second kappa shape index (κ2) is 7.43. The third-order valence-corrected chi connectivity index (χ3v) is 3.39. The summed E-state index contributed by atoms with van der Waals surface area (Å²) in [6.45, 7) is 2.14. The zero-order valence-electron chi connectivity index (χ0n) is 11.6. The highest BCUT2D eigenvalue weighted by Crippen LogP contribution is 2.22. The van der Waals surface area contributed by atoms with Crippen LogP contribution in [0.4, 0.5) is 4.39 Å². The number of aliphatic hydroxyl groups is 1. The van der Waals surface area contributed by atoms with E-state index in [1.807, 2.05) is 24.3 Å². The van der Waals surface area contributed by atoms with E-state index < -0.39 is 11.9 Å². The Morgan fingerprint density at radius 2 is 1.76 bits per heavy atom. The van der Waals surface area contributed by atoms with Crippen LogP contribution in [0.15, 0.2) is 46.9 Å². The van der Waals surface area contributed by atoms with Crippen LogP contribution in [-0.4, -0.2) is 18.3 Å². The molecule has 0 aromatic heterocycles. The highest BCUT2D eigenvalue weighted by molar-refractivity contribution is 9.10. The van der Waals surface area contributed by atoms with E-state index in [0.717, 1.165) is 10.2 Å². The molecule has 0 aliphatic carbocycles. The van der Waals surface area contributed by atoms with Crippen molar-refractivity contribution >= 4 is 15.9 Å². The van der Waals surface area contributed by atoms with E-state index in [0.29, 0.717) is 12.2 Å². The van der Waals surface area contributed by atoms with E-state index in [-0.39, 0.29) is 12.4 Å². The molecule has 0 amide bonds. The molecular weight excluding hydrogens is 339 g/mol. The maximum Gasteiger partial charge on any atom is 0.165 e. The molecule has 0 aliphatic rings. The fraction of sp³-hybridized carbons (Fsp3) is 0.250. The van der Waals surface area contributed by atoms with Gasteiger partial charge < -0.3 is 14.6 Å². The van der Waals surface area contributed by atoms with Gasteiger partial charge in [-0.3, -0.25) is 0 Å². The predicted molar refractivity (Wildman–Crippen MR) is 82.2 cm³/mol. The van der Waals surface area contributed by atoms with Gasteiger partial charge in [-0.2, -0.15) is 0 Å². The van der Waals surface area contributed by atoms with Gasteiger partial charge in [0.1, 0.15) is 19.0 Å².